The first-order valence-corrected chi connectivity index (χ1v) is 7.73. The summed E-state index contributed by atoms with van der Waals surface area (Å²) in [5.74, 6) is -1.91. The van der Waals surface area contributed by atoms with Gasteiger partial charge in [-0.05, 0) is 30.3 Å². The van der Waals surface area contributed by atoms with E-state index >= 15 is 0 Å². The lowest BCUT2D eigenvalue weighted by Gasteiger charge is -2.13. The van der Waals surface area contributed by atoms with Crippen molar-refractivity contribution >= 4 is 28.8 Å². The molecule has 3 heterocycles. The van der Waals surface area contributed by atoms with Crippen LogP contribution in [0.3, 0.4) is 0 Å². The van der Waals surface area contributed by atoms with Crippen molar-refractivity contribution < 1.29 is 19.2 Å². The Balaban J connectivity index is 1.43. The third-order valence-electron chi connectivity index (χ3n) is 4.03. The zero-order valence-electron chi connectivity index (χ0n) is 13.1. The molecule has 124 valence electrons. The lowest BCUT2D eigenvalue weighted by Crippen LogP contribution is -2.32. The van der Waals surface area contributed by atoms with Crippen LogP contribution in [0.25, 0.3) is 11.0 Å². The second kappa shape index (κ2) is 5.86. The van der Waals surface area contributed by atoms with Gasteiger partial charge in [0.05, 0.1) is 17.5 Å². The molecule has 0 aliphatic carbocycles. The van der Waals surface area contributed by atoms with E-state index in [0.29, 0.717) is 11.6 Å². The largest absolute Gasteiger partial charge is 0.335 e. The number of rotatable bonds is 4. The molecular weight excluding hydrogens is 322 g/mol. The van der Waals surface area contributed by atoms with E-state index in [1.165, 1.54) is 12.1 Å². The number of fused-ring (bicyclic) bond motifs is 2. The molecule has 25 heavy (non-hydrogen) atoms. The van der Waals surface area contributed by atoms with E-state index in [1.807, 2.05) is 29.0 Å². The fourth-order valence-electron chi connectivity index (χ4n) is 2.81. The van der Waals surface area contributed by atoms with Gasteiger partial charge in [0.15, 0.2) is 0 Å². The van der Waals surface area contributed by atoms with Gasteiger partial charge in [0.25, 0.3) is 11.8 Å². The van der Waals surface area contributed by atoms with E-state index in [9.17, 15) is 14.4 Å². The Kier molecular flexibility index (Phi) is 3.53. The number of aromatic nitrogens is 2. The van der Waals surface area contributed by atoms with Gasteiger partial charge in [-0.2, -0.15) is 0 Å². The Morgan fingerprint density at radius 2 is 1.72 bits per heavy atom. The minimum Gasteiger partial charge on any atom is -0.332 e. The van der Waals surface area contributed by atoms with Crippen molar-refractivity contribution in [2.75, 3.05) is 0 Å². The molecule has 0 bridgehead atoms. The molecule has 0 fully saturated rings. The molecule has 1 aliphatic rings. The lowest BCUT2D eigenvalue weighted by atomic mass is 10.1. The van der Waals surface area contributed by atoms with Crippen LogP contribution < -0.4 is 0 Å². The highest BCUT2D eigenvalue weighted by molar-refractivity contribution is 6.20. The van der Waals surface area contributed by atoms with Crippen molar-refractivity contribution in [3.8, 4) is 0 Å². The third kappa shape index (κ3) is 2.55. The minimum absolute atomic E-state index is 0.00770. The molecule has 0 saturated carbocycles. The zero-order valence-corrected chi connectivity index (χ0v) is 13.1. The van der Waals surface area contributed by atoms with Crippen LogP contribution in [0.5, 0.6) is 0 Å². The predicted molar refractivity (Wildman–Crippen MR) is 87.4 cm³/mol. The number of hydrogen-bond acceptors (Lipinski definition) is 5. The maximum absolute atomic E-state index is 12.2. The first-order valence-electron chi connectivity index (χ1n) is 7.73. The summed E-state index contributed by atoms with van der Waals surface area (Å²) in [5, 5.41) is 1.50. The zero-order chi connectivity index (χ0) is 17.4. The Bertz CT molecular complexity index is 973. The van der Waals surface area contributed by atoms with E-state index < -0.39 is 17.8 Å². The molecule has 7 nitrogen and oxygen atoms in total. The summed E-state index contributed by atoms with van der Waals surface area (Å²) < 4.78 is 1.82. The number of nitrogens with zero attached hydrogens (tertiary/aromatic N) is 3. The van der Waals surface area contributed by atoms with Crippen LogP contribution in [0.1, 0.15) is 27.1 Å². The van der Waals surface area contributed by atoms with Crippen molar-refractivity contribution in [3.05, 3.63) is 66.0 Å². The number of hydrogen-bond donors (Lipinski definition) is 0. The number of carbonyl (C=O) groups excluding carboxylic acids is 3. The van der Waals surface area contributed by atoms with Gasteiger partial charge in [0.2, 0.25) is 0 Å². The van der Waals surface area contributed by atoms with Crippen molar-refractivity contribution in [2.45, 2.75) is 13.0 Å². The molecular formula is C18H13N3O4. The number of pyridine rings is 1. The van der Waals surface area contributed by atoms with Gasteiger partial charge in [0, 0.05) is 24.3 Å². The van der Waals surface area contributed by atoms with Crippen molar-refractivity contribution in [1.82, 2.24) is 14.6 Å². The van der Waals surface area contributed by atoms with Crippen molar-refractivity contribution in [1.29, 1.82) is 0 Å². The Morgan fingerprint density at radius 3 is 2.44 bits per heavy atom. The smallest absolute Gasteiger partial charge is 0.332 e. The molecule has 0 atom stereocenters. The SMILES string of the molecule is O=C(CCn1ccc2cccnc21)ON1C(=O)c2ccccc2C1=O. The second-order valence-electron chi connectivity index (χ2n) is 5.59. The first kappa shape index (κ1) is 15.1. The lowest BCUT2D eigenvalue weighted by molar-refractivity contribution is -0.168. The molecule has 3 aromatic rings. The standard InChI is InChI=1S/C18H13N3O4/c22-15(8-11-20-10-7-12-4-3-9-19-16(12)20)25-21-17(23)13-5-1-2-6-14(13)18(21)24/h1-7,9-10H,8,11H2. The summed E-state index contributed by atoms with van der Waals surface area (Å²) in [6, 6.07) is 12.0. The van der Waals surface area contributed by atoms with E-state index in [4.69, 9.17) is 4.84 Å². The molecule has 0 saturated heterocycles. The Morgan fingerprint density at radius 1 is 1.00 bits per heavy atom. The van der Waals surface area contributed by atoms with E-state index in [1.54, 1.807) is 18.3 Å². The van der Waals surface area contributed by atoms with Gasteiger partial charge in [-0.15, -0.1) is 0 Å². The third-order valence-corrected chi connectivity index (χ3v) is 4.03. The minimum atomic E-state index is -0.660. The highest BCUT2D eigenvalue weighted by Crippen LogP contribution is 2.23. The van der Waals surface area contributed by atoms with Crippen LogP contribution in [0.2, 0.25) is 0 Å². The summed E-state index contributed by atoms with van der Waals surface area (Å²) >= 11 is 0. The van der Waals surface area contributed by atoms with Gasteiger partial charge >= 0.3 is 5.97 Å². The van der Waals surface area contributed by atoms with E-state index in [-0.39, 0.29) is 17.5 Å². The first-order chi connectivity index (χ1) is 12.1. The number of carbonyl (C=O) groups is 3. The molecule has 7 heteroatoms. The molecule has 0 radical (unpaired) electrons. The quantitative estimate of drug-likeness (QED) is 0.683. The molecule has 0 N–H and O–H groups in total. The predicted octanol–water partition coefficient (Wildman–Crippen LogP) is 2.18. The topological polar surface area (TPSA) is 81.5 Å². The Hall–Kier alpha value is -3.48. The van der Waals surface area contributed by atoms with E-state index in [0.717, 1.165) is 11.0 Å². The molecule has 1 aliphatic heterocycles. The maximum atomic E-state index is 12.2. The molecule has 2 amide bonds. The van der Waals surface area contributed by atoms with Crippen LogP contribution >= 0.6 is 0 Å². The fourth-order valence-corrected chi connectivity index (χ4v) is 2.81. The molecule has 0 spiro atoms. The van der Waals surface area contributed by atoms with Crippen molar-refractivity contribution in [2.24, 2.45) is 0 Å². The summed E-state index contributed by atoms with van der Waals surface area (Å²) in [4.78, 5) is 45.7. The average Bonchev–Trinajstić information content (AvgIpc) is 3.15. The molecule has 1 aromatic carbocycles. The monoisotopic (exact) mass is 335 g/mol. The van der Waals surface area contributed by atoms with Crippen LogP contribution in [0.15, 0.2) is 54.9 Å². The van der Waals surface area contributed by atoms with Gasteiger partial charge < -0.3 is 9.40 Å². The summed E-state index contributed by atoms with van der Waals surface area (Å²) in [7, 11) is 0. The maximum Gasteiger partial charge on any atom is 0.335 e. The highest BCUT2D eigenvalue weighted by atomic mass is 16.7. The van der Waals surface area contributed by atoms with E-state index in [2.05, 4.69) is 4.98 Å². The molecule has 0 unspecified atom stereocenters. The van der Waals surface area contributed by atoms with Gasteiger partial charge in [-0.25, -0.2) is 9.78 Å². The molecule has 2 aromatic heterocycles. The van der Waals surface area contributed by atoms with Gasteiger partial charge in [0.1, 0.15) is 5.65 Å². The molecule has 4 rings (SSSR count). The van der Waals surface area contributed by atoms with Crippen molar-refractivity contribution in [3.63, 3.8) is 0 Å². The summed E-state index contributed by atoms with van der Waals surface area (Å²) in [6.07, 6.45) is 3.51. The number of amides is 2. The normalized spacial score (nSPS) is 13.4. The number of benzene rings is 1. The van der Waals surface area contributed by atoms with Crippen LogP contribution in [-0.2, 0) is 16.2 Å². The number of aryl methyl sites for hydroxylation is 1. The summed E-state index contributed by atoms with van der Waals surface area (Å²) in [6.45, 7) is 0.336. The number of hydroxylamine groups is 2. The second-order valence-corrected chi connectivity index (χ2v) is 5.59. The summed E-state index contributed by atoms with van der Waals surface area (Å²) in [5.41, 5.74) is 1.23. The van der Waals surface area contributed by atoms with Gasteiger partial charge in [-0.3, -0.25) is 9.59 Å². The van der Waals surface area contributed by atoms with Crippen LogP contribution in [0.4, 0.5) is 0 Å². The van der Waals surface area contributed by atoms with Crippen LogP contribution in [0, 0.1) is 0 Å². The average molecular weight is 335 g/mol. The van der Waals surface area contributed by atoms with Gasteiger partial charge in [-0.1, -0.05) is 17.2 Å². The highest BCUT2D eigenvalue weighted by Gasteiger charge is 2.38. The fraction of sp³-hybridized carbons (Fsp3) is 0.111. The van der Waals surface area contributed by atoms with Crippen LogP contribution in [-0.4, -0.2) is 32.4 Å². The number of imide groups is 1. The Labute approximate surface area is 142 Å².